The van der Waals surface area contributed by atoms with E-state index in [1.165, 1.54) is 28.2 Å². The maximum absolute atomic E-state index is 14.4. The molecule has 2 amide bonds. The van der Waals surface area contributed by atoms with Crippen molar-refractivity contribution in [3.63, 3.8) is 0 Å². The summed E-state index contributed by atoms with van der Waals surface area (Å²) in [5.74, 6) is -0.518. The molecule has 0 aromatic heterocycles. The van der Waals surface area contributed by atoms with Gasteiger partial charge in [0.2, 0.25) is 11.8 Å². The van der Waals surface area contributed by atoms with Crippen LogP contribution in [-0.2, 0) is 28.0 Å². The highest BCUT2D eigenvalue weighted by atomic mass is 19.1. The first-order valence-electron chi connectivity index (χ1n) is 13.3. The second-order valence-electron chi connectivity index (χ2n) is 10.3. The molecule has 1 saturated carbocycles. The van der Waals surface area contributed by atoms with E-state index in [0.29, 0.717) is 37.2 Å². The number of hydrogen-bond donors (Lipinski definition) is 3. The monoisotopic (exact) mass is 511 g/mol. The van der Waals surface area contributed by atoms with Gasteiger partial charge >= 0.3 is 0 Å². The fraction of sp³-hybridized carbons (Fsp3) is 0.517. The van der Waals surface area contributed by atoms with Crippen molar-refractivity contribution in [3.8, 4) is 5.75 Å². The lowest BCUT2D eigenvalue weighted by Gasteiger charge is -2.28. The van der Waals surface area contributed by atoms with E-state index in [2.05, 4.69) is 41.8 Å². The summed E-state index contributed by atoms with van der Waals surface area (Å²) in [6.45, 7) is 2.65. The van der Waals surface area contributed by atoms with E-state index in [9.17, 15) is 19.1 Å². The smallest absolute Gasteiger partial charge is 0.239 e. The maximum Gasteiger partial charge on any atom is 0.239 e. The second kappa shape index (κ2) is 12.0. The van der Waals surface area contributed by atoms with Gasteiger partial charge in [0.25, 0.3) is 0 Å². The molecule has 4 rings (SSSR count). The molecule has 1 aliphatic carbocycles. The van der Waals surface area contributed by atoms with E-state index >= 15 is 0 Å². The van der Waals surface area contributed by atoms with Crippen LogP contribution >= 0.6 is 0 Å². The molecule has 0 spiro atoms. The number of benzene rings is 2. The van der Waals surface area contributed by atoms with E-state index in [1.54, 1.807) is 13.1 Å². The lowest BCUT2D eigenvalue weighted by molar-refractivity contribution is -0.135. The molecule has 1 aliphatic heterocycles. The molecule has 2 aliphatic rings. The zero-order valence-electron chi connectivity index (χ0n) is 21.8. The molecule has 2 bridgehead atoms. The summed E-state index contributed by atoms with van der Waals surface area (Å²) in [5, 5.41) is 17.6. The van der Waals surface area contributed by atoms with Crippen molar-refractivity contribution in [3.05, 3.63) is 65.0 Å². The molecule has 0 saturated heterocycles. The molecule has 0 radical (unpaired) electrons. The van der Waals surface area contributed by atoms with Crippen molar-refractivity contribution < 1.29 is 23.8 Å². The normalized spacial score (nSPS) is 21.3. The number of carbonyl (C=O) groups is 2. The predicted molar refractivity (Wildman–Crippen MR) is 140 cm³/mol. The van der Waals surface area contributed by atoms with Gasteiger partial charge in [0.05, 0.1) is 25.3 Å². The molecule has 2 aromatic carbocycles. The second-order valence-corrected chi connectivity index (χ2v) is 10.3. The lowest BCUT2D eigenvalue weighted by atomic mass is 9.98. The van der Waals surface area contributed by atoms with Crippen LogP contribution in [0.5, 0.6) is 5.75 Å². The van der Waals surface area contributed by atoms with Crippen molar-refractivity contribution in [1.82, 2.24) is 15.5 Å². The lowest BCUT2D eigenvalue weighted by Crippen LogP contribution is -2.52. The average molecular weight is 512 g/mol. The number of hydrogen-bond acceptors (Lipinski definition) is 5. The van der Waals surface area contributed by atoms with Crippen molar-refractivity contribution in [2.75, 3.05) is 26.7 Å². The van der Waals surface area contributed by atoms with Gasteiger partial charge in [-0.1, -0.05) is 31.2 Å². The third-order valence-electron chi connectivity index (χ3n) is 7.35. The van der Waals surface area contributed by atoms with Crippen molar-refractivity contribution in [2.24, 2.45) is 0 Å². The molecule has 8 heteroatoms. The van der Waals surface area contributed by atoms with Crippen LogP contribution in [0.2, 0.25) is 0 Å². The maximum atomic E-state index is 14.4. The van der Waals surface area contributed by atoms with E-state index < -0.39 is 18.0 Å². The molecular formula is C29H38FN3O4. The number of aliphatic hydroxyl groups excluding tert-OH is 1. The van der Waals surface area contributed by atoms with Crippen molar-refractivity contribution in [1.29, 1.82) is 0 Å². The number of rotatable bonds is 6. The Morgan fingerprint density at radius 3 is 2.78 bits per heavy atom. The van der Waals surface area contributed by atoms with E-state index in [-0.39, 0.29) is 36.9 Å². The first-order valence-corrected chi connectivity index (χ1v) is 13.3. The Bertz CT molecular complexity index is 1100. The number of aryl methyl sites for hydroxylation is 1. The van der Waals surface area contributed by atoms with Gasteiger partial charge in [-0.05, 0) is 67.3 Å². The molecule has 1 heterocycles. The standard InChI is InChI=1S/C29H38FN3O4/c1-3-20-7-6-8-22(13-20)29(10-11-29)31-18-26(34)25-16-21-14-23(30)17-24(15-21)37-12-5-4-9-28(36)33(2)19-27(35)32-25/h6-8,13-15,17,25-26,31,34H,3-5,9-12,16,18-19H2,1-2H3,(H,32,35). The van der Waals surface area contributed by atoms with Crippen LogP contribution in [0.25, 0.3) is 0 Å². The van der Waals surface area contributed by atoms with Gasteiger partial charge in [0, 0.05) is 31.6 Å². The molecule has 2 unspecified atom stereocenters. The molecule has 37 heavy (non-hydrogen) atoms. The molecule has 7 nitrogen and oxygen atoms in total. The van der Waals surface area contributed by atoms with Crippen LogP contribution in [0.3, 0.4) is 0 Å². The quantitative estimate of drug-likeness (QED) is 0.555. The minimum atomic E-state index is -0.930. The van der Waals surface area contributed by atoms with Gasteiger partial charge in [-0.15, -0.1) is 0 Å². The van der Waals surface area contributed by atoms with Crippen molar-refractivity contribution in [2.45, 2.75) is 69.6 Å². The number of ether oxygens (including phenoxy) is 1. The zero-order valence-corrected chi connectivity index (χ0v) is 21.8. The Hall–Kier alpha value is -2.97. The Kier molecular flexibility index (Phi) is 8.82. The summed E-state index contributed by atoms with van der Waals surface area (Å²) >= 11 is 0. The van der Waals surface area contributed by atoms with Gasteiger partial charge in [-0.25, -0.2) is 4.39 Å². The highest BCUT2D eigenvalue weighted by Gasteiger charge is 2.44. The minimum absolute atomic E-state index is 0.103. The van der Waals surface area contributed by atoms with Gasteiger partial charge in [-0.3, -0.25) is 9.59 Å². The van der Waals surface area contributed by atoms with Gasteiger partial charge in [0.1, 0.15) is 11.6 Å². The average Bonchev–Trinajstić information content (AvgIpc) is 3.67. The Morgan fingerprint density at radius 2 is 2.03 bits per heavy atom. The van der Waals surface area contributed by atoms with Crippen LogP contribution in [0, 0.1) is 5.82 Å². The van der Waals surface area contributed by atoms with E-state index in [4.69, 9.17) is 4.74 Å². The number of aliphatic hydroxyl groups is 1. The molecule has 1 fully saturated rings. The van der Waals surface area contributed by atoms with Gasteiger partial charge < -0.3 is 25.4 Å². The summed E-state index contributed by atoms with van der Waals surface area (Å²) in [6.07, 6.45) is 3.76. The zero-order chi connectivity index (χ0) is 26.4. The number of carbonyl (C=O) groups excluding carboxylic acids is 2. The Morgan fingerprint density at radius 1 is 1.22 bits per heavy atom. The first kappa shape index (κ1) is 27.1. The van der Waals surface area contributed by atoms with Crippen LogP contribution in [0.1, 0.15) is 55.7 Å². The van der Waals surface area contributed by atoms with Gasteiger partial charge in [0.15, 0.2) is 0 Å². The summed E-state index contributed by atoms with van der Waals surface area (Å²) in [5.41, 5.74) is 2.92. The van der Waals surface area contributed by atoms with Gasteiger partial charge in [-0.2, -0.15) is 0 Å². The SMILES string of the molecule is CCc1cccc(C2(NCC(O)C3Cc4cc(F)cc(c4)OCCCCC(=O)N(C)CC(=O)N3)CC2)c1. The van der Waals surface area contributed by atoms with E-state index in [0.717, 1.165) is 19.3 Å². The Balaban J connectivity index is 1.51. The minimum Gasteiger partial charge on any atom is -0.493 e. The number of likely N-dealkylation sites (N-methyl/N-ethyl adjacent to an activating group) is 1. The largest absolute Gasteiger partial charge is 0.493 e. The van der Waals surface area contributed by atoms with Crippen molar-refractivity contribution >= 4 is 11.8 Å². The third kappa shape index (κ3) is 7.29. The van der Waals surface area contributed by atoms with Crippen LogP contribution in [0.4, 0.5) is 4.39 Å². The summed E-state index contributed by atoms with van der Waals surface area (Å²) in [4.78, 5) is 26.7. The summed E-state index contributed by atoms with van der Waals surface area (Å²) < 4.78 is 20.1. The fourth-order valence-electron chi connectivity index (χ4n) is 4.90. The number of amides is 2. The summed E-state index contributed by atoms with van der Waals surface area (Å²) in [6, 6.07) is 12.3. The fourth-order valence-corrected chi connectivity index (χ4v) is 4.90. The number of halogens is 1. The first-order chi connectivity index (χ1) is 17.8. The molecule has 200 valence electrons. The topological polar surface area (TPSA) is 90.9 Å². The highest BCUT2D eigenvalue weighted by Crippen LogP contribution is 2.45. The molecule has 3 N–H and O–H groups in total. The van der Waals surface area contributed by atoms with Crippen LogP contribution < -0.4 is 15.4 Å². The third-order valence-corrected chi connectivity index (χ3v) is 7.35. The molecular weight excluding hydrogens is 473 g/mol. The molecule has 2 atom stereocenters. The number of fused-ring (bicyclic) bond motifs is 2. The Labute approximate surface area is 218 Å². The van der Waals surface area contributed by atoms with Crippen LogP contribution in [0.15, 0.2) is 42.5 Å². The highest BCUT2D eigenvalue weighted by molar-refractivity contribution is 5.84. The molecule has 2 aromatic rings. The summed E-state index contributed by atoms with van der Waals surface area (Å²) in [7, 11) is 1.60. The number of nitrogens with zero attached hydrogens (tertiary/aromatic N) is 1. The predicted octanol–water partition coefficient (Wildman–Crippen LogP) is 3.08. The number of nitrogens with one attached hydrogen (secondary N) is 2. The van der Waals surface area contributed by atoms with Crippen LogP contribution in [-0.4, -0.2) is 60.7 Å². The van der Waals surface area contributed by atoms with E-state index in [1.807, 2.05) is 0 Å².